The second-order valence-corrected chi connectivity index (χ2v) is 6.82. The van der Waals surface area contributed by atoms with Gasteiger partial charge in [-0.2, -0.15) is 13.2 Å². The van der Waals surface area contributed by atoms with Gasteiger partial charge < -0.3 is 5.32 Å². The molecule has 0 spiro atoms. The van der Waals surface area contributed by atoms with Crippen molar-refractivity contribution in [2.75, 3.05) is 19.6 Å². The third kappa shape index (κ3) is 3.67. The van der Waals surface area contributed by atoms with E-state index in [-0.39, 0.29) is 12.1 Å². The predicted octanol–water partition coefficient (Wildman–Crippen LogP) is 3.43. The Kier molecular flexibility index (Phi) is 4.69. The van der Waals surface area contributed by atoms with Crippen molar-refractivity contribution >= 4 is 0 Å². The van der Waals surface area contributed by atoms with Crippen molar-refractivity contribution in [2.45, 2.75) is 64.2 Å². The van der Waals surface area contributed by atoms with Crippen LogP contribution in [-0.2, 0) is 0 Å². The van der Waals surface area contributed by atoms with Crippen molar-refractivity contribution < 1.29 is 13.2 Å². The molecule has 1 saturated carbocycles. The fourth-order valence-corrected chi connectivity index (χ4v) is 3.34. The molecule has 1 heterocycles. The summed E-state index contributed by atoms with van der Waals surface area (Å²) in [5.41, 5.74) is -0.0881. The number of alkyl halides is 3. The average Bonchev–Trinajstić information content (AvgIpc) is 3.20. The number of nitrogens with one attached hydrogen (secondary N) is 1. The molecule has 0 radical (unpaired) electrons. The molecule has 20 heavy (non-hydrogen) atoms. The summed E-state index contributed by atoms with van der Waals surface area (Å²) >= 11 is 0. The molecule has 0 amide bonds. The molecule has 0 aromatic carbocycles. The molecule has 118 valence electrons. The highest BCUT2D eigenvalue weighted by atomic mass is 19.4. The van der Waals surface area contributed by atoms with Crippen LogP contribution >= 0.6 is 0 Å². The van der Waals surface area contributed by atoms with Crippen LogP contribution in [0.15, 0.2) is 0 Å². The maximum Gasteiger partial charge on any atom is 0.390 e. The molecule has 1 aliphatic carbocycles. The molecule has 0 aromatic heterocycles. The van der Waals surface area contributed by atoms with Crippen LogP contribution in [0, 0.1) is 11.8 Å². The zero-order valence-electron chi connectivity index (χ0n) is 12.8. The van der Waals surface area contributed by atoms with E-state index >= 15 is 0 Å². The van der Waals surface area contributed by atoms with Gasteiger partial charge in [-0.15, -0.1) is 0 Å². The van der Waals surface area contributed by atoms with Gasteiger partial charge in [-0.05, 0) is 31.6 Å². The van der Waals surface area contributed by atoms with Crippen molar-refractivity contribution in [1.29, 1.82) is 0 Å². The first-order valence-corrected chi connectivity index (χ1v) is 7.81. The Morgan fingerprint density at radius 1 is 1.35 bits per heavy atom. The first kappa shape index (κ1) is 16.1. The van der Waals surface area contributed by atoms with Gasteiger partial charge in [0.1, 0.15) is 0 Å². The Morgan fingerprint density at radius 3 is 2.50 bits per heavy atom. The van der Waals surface area contributed by atoms with Gasteiger partial charge in [0.15, 0.2) is 0 Å². The lowest BCUT2D eigenvalue weighted by Gasteiger charge is -2.50. The maximum absolute atomic E-state index is 12.6. The first-order valence-electron chi connectivity index (χ1n) is 7.81. The Hall–Kier alpha value is -0.290. The fourth-order valence-electron chi connectivity index (χ4n) is 3.34. The fraction of sp³-hybridized carbons (Fsp3) is 1.00. The van der Waals surface area contributed by atoms with Crippen LogP contribution < -0.4 is 5.32 Å². The van der Waals surface area contributed by atoms with Gasteiger partial charge in [0.25, 0.3) is 0 Å². The number of hydrogen-bond acceptors (Lipinski definition) is 2. The monoisotopic (exact) mass is 292 g/mol. The number of halogens is 3. The predicted molar refractivity (Wildman–Crippen MR) is 74.6 cm³/mol. The molecule has 3 unspecified atom stereocenters. The van der Waals surface area contributed by atoms with Gasteiger partial charge in [0, 0.05) is 31.2 Å². The van der Waals surface area contributed by atoms with Crippen LogP contribution in [0.3, 0.4) is 0 Å². The first-order chi connectivity index (χ1) is 9.26. The van der Waals surface area contributed by atoms with Gasteiger partial charge in [0.05, 0.1) is 6.42 Å². The van der Waals surface area contributed by atoms with E-state index in [1.807, 2.05) is 0 Å². The van der Waals surface area contributed by atoms with Crippen LogP contribution in [-0.4, -0.2) is 42.3 Å². The number of rotatable bonds is 5. The summed E-state index contributed by atoms with van der Waals surface area (Å²) in [5.74, 6) is 1.08. The SMILES string of the molecule is CCC(C)C1CN(CCC(F)(F)F)C(C)(C2CC2)CN1. The third-order valence-electron chi connectivity index (χ3n) is 5.31. The van der Waals surface area contributed by atoms with E-state index in [1.54, 1.807) is 0 Å². The summed E-state index contributed by atoms with van der Waals surface area (Å²) in [5, 5.41) is 3.59. The highest BCUT2D eigenvalue weighted by Gasteiger charge is 2.49. The standard InChI is InChI=1S/C15H27F3N2/c1-4-11(2)13-9-20(8-7-15(16,17)18)14(3,10-19-13)12-5-6-12/h11-13,19H,4-10H2,1-3H3. The summed E-state index contributed by atoms with van der Waals surface area (Å²) in [7, 11) is 0. The van der Waals surface area contributed by atoms with Crippen molar-refractivity contribution in [3.05, 3.63) is 0 Å². The second-order valence-electron chi connectivity index (χ2n) is 6.82. The van der Waals surface area contributed by atoms with Gasteiger partial charge in [-0.25, -0.2) is 0 Å². The smallest absolute Gasteiger partial charge is 0.311 e. The minimum Gasteiger partial charge on any atom is -0.311 e. The summed E-state index contributed by atoms with van der Waals surface area (Å²) in [6.07, 6.45) is -1.36. The van der Waals surface area contributed by atoms with Crippen LogP contribution in [0.5, 0.6) is 0 Å². The third-order valence-corrected chi connectivity index (χ3v) is 5.31. The molecule has 1 saturated heterocycles. The second kappa shape index (κ2) is 5.84. The number of nitrogens with zero attached hydrogens (tertiary/aromatic N) is 1. The Balaban J connectivity index is 2.03. The van der Waals surface area contributed by atoms with Crippen molar-refractivity contribution in [3.63, 3.8) is 0 Å². The van der Waals surface area contributed by atoms with Crippen LogP contribution in [0.4, 0.5) is 13.2 Å². The molecule has 2 nitrogen and oxygen atoms in total. The highest BCUT2D eigenvalue weighted by Crippen LogP contribution is 2.44. The van der Waals surface area contributed by atoms with Gasteiger partial charge in [-0.3, -0.25) is 4.90 Å². The lowest BCUT2D eigenvalue weighted by molar-refractivity contribution is -0.143. The van der Waals surface area contributed by atoms with Gasteiger partial charge >= 0.3 is 6.18 Å². The van der Waals surface area contributed by atoms with E-state index in [2.05, 4.69) is 31.0 Å². The van der Waals surface area contributed by atoms with E-state index in [1.165, 1.54) is 0 Å². The minimum atomic E-state index is -4.05. The lowest BCUT2D eigenvalue weighted by atomic mass is 9.86. The van der Waals surface area contributed by atoms with E-state index in [0.29, 0.717) is 17.9 Å². The van der Waals surface area contributed by atoms with Gasteiger partial charge in [-0.1, -0.05) is 20.3 Å². The maximum atomic E-state index is 12.6. The molecule has 0 bridgehead atoms. The largest absolute Gasteiger partial charge is 0.390 e. The Morgan fingerprint density at radius 2 is 2.00 bits per heavy atom. The summed E-state index contributed by atoms with van der Waals surface area (Å²) in [6, 6.07) is 0.319. The zero-order valence-corrected chi connectivity index (χ0v) is 12.8. The Labute approximate surface area is 120 Å². The Bertz CT molecular complexity index is 328. The molecule has 1 N–H and O–H groups in total. The molecule has 5 heteroatoms. The molecular weight excluding hydrogens is 265 g/mol. The van der Waals surface area contributed by atoms with Crippen molar-refractivity contribution in [2.24, 2.45) is 11.8 Å². The van der Waals surface area contributed by atoms with Gasteiger partial charge in [0.2, 0.25) is 0 Å². The molecule has 2 aliphatic rings. The molecular formula is C15H27F3N2. The minimum absolute atomic E-state index is 0.0881. The zero-order chi connectivity index (χ0) is 15.0. The van der Waals surface area contributed by atoms with Crippen LogP contribution in [0.1, 0.15) is 46.5 Å². The summed E-state index contributed by atoms with van der Waals surface area (Å²) in [6.45, 7) is 8.18. The van der Waals surface area contributed by atoms with Crippen LogP contribution in [0.25, 0.3) is 0 Å². The topological polar surface area (TPSA) is 15.3 Å². The normalized spacial score (nSPS) is 34.2. The number of piperazine rings is 1. The van der Waals surface area contributed by atoms with E-state index in [4.69, 9.17) is 0 Å². The summed E-state index contributed by atoms with van der Waals surface area (Å²) in [4.78, 5) is 2.12. The van der Waals surface area contributed by atoms with E-state index in [9.17, 15) is 13.2 Å². The summed E-state index contributed by atoms with van der Waals surface area (Å²) < 4.78 is 37.7. The van der Waals surface area contributed by atoms with E-state index in [0.717, 1.165) is 32.4 Å². The molecule has 2 fully saturated rings. The molecule has 2 rings (SSSR count). The van der Waals surface area contributed by atoms with Crippen LogP contribution in [0.2, 0.25) is 0 Å². The number of hydrogen-bond donors (Lipinski definition) is 1. The van der Waals surface area contributed by atoms with Crippen molar-refractivity contribution in [3.8, 4) is 0 Å². The molecule has 3 atom stereocenters. The molecule has 1 aliphatic heterocycles. The average molecular weight is 292 g/mol. The quantitative estimate of drug-likeness (QED) is 0.835. The molecule has 0 aromatic rings. The lowest BCUT2D eigenvalue weighted by Crippen LogP contribution is -2.65. The van der Waals surface area contributed by atoms with Crippen molar-refractivity contribution in [1.82, 2.24) is 10.2 Å². The van der Waals surface area contributed by atoms with E-state index < -0.39 is 12.6 Å². The highest BCUT2D eigenvalue weighted by molar-refractivity contribution is 5.05.